The molecule has 0 bridgehead atoms. The number of nitrogens with zero attached hydrogens (tertiary/aromatic N) is 1. The molecule has 1 aliphatic carbocycles. The van der Waals surface area contributed by atoms with Crippen LogP contribution in [0.15, 0.2) is 0 Å². The van der Waals surface area contributed by atoms with E-state index in [0.29, 0.717) is 11.5 Å². The molecule has 1 heterocycles. The molecule has 1 saturated heterocycles. The molecular weight excluding hydrogens is 264 g/mol. The van der Waals surface area contributed by atoms with Gasteiger partial charge in [-0.2, -0.15) is 0 Å². The zero-order valence-electron chi connectivity index (χ0n) is 14.4. The minimum Gasteiger partial charge on any atom is -0.444 e. The molecule has 4 heteroatoms. The molecule has 0 spiro atoms. The summed E-state index contributed by atoms with van der Waals surface area (Å²) in [5.74, 6) is 0. The van der Waals surface area contributed by atoms with Gasteiger partial charge in [0, 0.05) is 25.2 Å². The van der Waals surface area contributed by atoms with Crippen molar-refractivity contribution in [2.24, 2.45) is 5.41 Å². The highest BCUT2D eigenvalue weighted by Crippen LogP contribution is 2.47. The lowest BCUT2D eigenvalue weighted by Gasteiger charge is -2.37. The van der Waals surface area contributed by atoms with E-state index < -0.39 is 5.60 Å². The molecule has 1 aliphatic heterocycles. The highest BCUT2D eigenvalue weighted by atomic mass is 16.6. The van der Waals surface area contributed by atoms with Crippen molar-refractivity contribution in [3.8, 4) is 0 Å². The van der Waals surface area contributed by atoms with Crippen molar-refractivity contribution >= 4 is 6.09 Å². The van der Waals surface area contributed by atoms with Crippen molar-refractivity contribution in [3.05, 3.63) is 0 Å². The number of amides is 1. The van der Waals surface area contributed by atoms with Crippen LogP contribution in [0.1, 0.15) is 66.7 Å². The fourth-order valence-corrected chi connectivity index (χ4v) is 2.96. The lowest BCUT2D eigenvalue weighted by atomic mass is 9.98. The molecule has 1 N–H and O–H groups in total. The largest absolute Gasteiger partial charge is 0.444 e. The summed E-state index contributed by atoms with van der Waals surface area (Å²) in [7, 11) is 0. The Bertz CT molecular complexity index is 371. The third kappa shape index (κ3) is 4.60. The highest BCUT2D eigenvalue weighted by Gasteiger charge is 2.42. The fraction of sp³-hybridized carbons (Fsp3) is 0.941. The SMILES string of the molecule is CC(NCC1CCCCN1C(=O)OC(C)(C)C)C1(C)CC1. The van der Waals surface area contributed by atoms with Gasteiger partial charge in [0.15, 0.2) is 0 Å². The Kier molecular flexibility index (Phi) is 4.86. The van der Waals surface area contributed by atoms with Crippen LogP contribution >= 0.6 is 0 Å². The molecule has 2 rings (SSSR count). The minimum atomic E-state index is -0.415. The van der Waals surface area contributed by atoms with Crippen LogP contribution in [0.5, 0.6) is 0 Å². The van der Waals surface area contributed by atoms with Gasteiger partial charge in [-0.05, 0) is 65.2 Å². The molecule has 1 amide bonds. The molecule has 0 aromatic carbocycles. The first kappa shape index (κ1) is 16.6. The summed E-state index contributed by atoms with van der Waals surface area (Å²) in [6, 6.07) is 0.804. The molecule has 2 atom stereocenters. The normalized spacial score (nSPS) is 26.3. The second kappa shape index (κ2) is 6.15. The predicted molar refractivity (Wildman–Crippen MR) is 85.4 cm³/mol. The third-order valence-corrected chi connectivity index (χ3v) is 5.00. The van der Waals surface area contributed by atoms with Crippen LogP contribution in [0.2, 0.25) is 0 Å². The number of hydrogen-bond donors (Lipinski definition) is 1. The Hall–Kier alpha value is -0.770. The van der Waals surface area contributed by atoms with Gasteiger partial charge in [-0.3, -0.25) is 0 Å². The van der Waals surface area contributed by atoms with E-state index in [1.165, 1.54) is 19.3 Å². The maximum absolute atomic E-state index is 12.4. The molecule has 21 heavy (non-hydrogen) atoms. The summed E-state index contributed by atoms with van der Waals surface area (Å²) in [5.41, 5.74) is 0.0622. The number of carbonyl (C=O) groups is 1. The summed E-state index contributed by atoms with van der Waals surface area (Å²) in [6.45, 7) is 12.1. The van der Waals surface area contributed by atoms with Crippen LogP contribution in [0.4, 0.5) is 4.79 Å². The summed E-state index contributed by atoms with van der Waals surface area (Å²) < 4.78 is 5.55. The first-order valence-electron chi connectivity index (χ1n) is 8.44. The second-order valence-corrected chi connectivity index (χ2v) is 8.11. The predicted octanol–water partition coefficient (Wildman–Crippen LogP) is 3.55. The molecule has 0 aromatic heterocycles. The minimum absolute atomic E-state index is 0.153. The van der Waals surface area contributed by atoms with E-state index >= 15 is 0 Å². The van der Waals surface area contributed by atoms with Crippen molar-refractivity contribution in [2.75, 3.05) is 13.1 Å². The van der Waals surface area contributed by atoms with Gasteiger partial charge in [0.1, 0.15) is 5.60 Å². The number of likely N-dealkylation sites (tertiary alicyclic amines) is 1. The standard InChI is InChI=1S/C17H32N2O2/c1-13(17(5)9-10-17)18-12-14-8-6-7-11-19(14)15(20)21-16(2,3)4/h13-14,18H,6-12H2,1-5H3. The van der Waals surface area contributed by atoms with Crippen LogP contribution in [0.25, 0.3) is 0 Å². The van der Waals surface area contributed by atoms with Crippen molar-refractivity contribution in [1.82, 2.24) is 10.2 Å². The molecule has 2 unspecified atom stereocenters. The number of hydrogen-bond acceptors (Lipinski definition) is 3. The molecule has 1 saturated carbocycles. The summed E-state index contributed by atoms with van der Waals surface area (Å²) in [5, 5.41) is 3.65. The Morgan fingerprint density at radius 1 is 1.38 bits per heavy atom. The Labute approximate surface area is 129 Å². The van der Waals surface area contributed by atoms with E-state index in [2.05, 4.69) is 19.2 Å². The fourth-order valence-electron chi connectivity index (χ4n) is 2.96. The molecule has 122 valence electrons. The maximum atomic E-state index is 12.4. The van der Waals surface area contributed by atoms with Crippen LogP contribution < -0.4 is 5.32 Å². The van der Waals surface area contributed by atoms with Gasteiger partial charge in [-0.1, -0.05) is 6.92 Å². The van der Waals surface area contributed by atoms with Gasteiger partial charge in [0.25, 0.3) is 0 Å². The summed E-state index contributed by atoms with van der Waals surface area (Å²) in [4.78, 5) is 14.3. The zero-order valence-corrected chi connectivity index (χ0v) is 14.4. The molecule has 4 nitrogen and oxygen atoms in total. The van der Waals surface area contributed by atoms with Crippen molar-refractivity contribution in [1.29, 1.82) is 0 Å². The molecular formula is C17H32N2O2. The van der Waals surface area contributed by atoms with E-state index in [1.54, 1.807) is 0 Å². The van der Waals surface area contributed by atoms with Gasteiger partial charge in [0.2, 0.25) is 0 Å². The number of piperidine rings is 1. The summed E-state index contributed by atoms with van der Waals surface area (Å²) >= 11 is 0. The Morgan fingerprint density at radius 3 is 2.62 bits per heavy atom. The van der Waals surface area contributed by atoms with E-state index in [9.17, 15) is 4.79 Å². The first-order chi connectivity index (χ1) is 9.71. The van der Waals surface area contributed by atoms with Crippen molar-refractivity contribution < 1.29 is 9.53 Å². The molecule has 0 radical (unpaired) electrons. The smallest absolute Gasteiger partial charge is 0.410 e. The van der Waals surface area contributed by atoms with Gasteiger partial charge >= 0.3 is 6.09 Å². The van der Waals surface area contributed by atoms with Crippen LogP contribution in [-0.2, 0) is 4.74 Å². The van der Waals surface area contributed by atoms with Crippen molar-refractivity contribution in [2.45, 2.75) is 84.4 Å². The van der Waals surface area contributed by atoms with Crippen molar-refractivity contribution in [3.63, 3.8) is 0 Å². The number of rotatable bonds is 4. The van der Waals surface area contributed by atoms with Crippen LogP contribution in [0, 0.1) is 5.41 Å². The number of carbonyl (C=O) groups excluding carboxylic acids is 1. The van der Waals surface area contributed by atoms with Crippen LogP contribution in [-0.4, -0.2) is 41.8 Å². The third-order valence-electron chi connectivity index (χ3n) is 5.00. The lowest BCUT2D eigenvalue weighted by molar-refractivity contribution is 0.00949. The van der Waals surface area contributed by atoms with E-state index in [4.69, 9.17) is 4.74 Å². The van der Waals surface area contributed by atoms with Gasteiger partial charge < -0.3 is 15.0 Å². The average Bonchev–Trinajstić information content (AvgIpc) is 3.13. The maximum Gasteiger partial charge on any atom is 0.410 e. The highest BCUT2D eigenvalue weighted by molar-refractivity contribution is 5.68. The first-order valence-corrected chi connectivity index (χ1v) is 8.44. The van der Waals surface area contributed by atoms with E-state index in [-0.39, 0.29) is 12.1 Å². The van der Waals surface area contributed by atoms with Crippen LogP contribution in [0.3, 0.4) is 0 Å². The van der Waals surface area contributed by atoms with Gasteiger partial charge in [-0.15, -0.1) is 0 Å². The Balaban J connectivity index is 1.87. The molecule has 2 aliphatic rings. The van der Waals surface area contributed by atoms with E-state index in [0.717, 1.165) is 25.9 Å². The van der Waals surface area contributed by atoms with Gasteiger partial charge in [-0.25, -0.2) is 4.79 Å². The van der Waals surface area contributed by atoms with Gasteiger partial charge in [0.05, 0.1) is 0 Å². The lowest BCUT2D eigenvalue weighted by Crippen LogP contribution is -2.51. The number of nitrogens with one attached hydrogen (secondary N) is 1. The topological polar surface area (TPSA) is 41.6 Å². The summed E-state index contributed by atoms with van der Waals surface area (Å²) in [6.07, 6.45) is 5.86. The quantitative estimate of drug-likeness (QED) is 0.862. The molecule has 0 aromatic rings. The number of ether oxygens (including phenoxy) is 1. The molecule has 2 fully saturated rings. The zero-order chi connectivity index (χ0) is 15.7. The monoisotopic (exact) mass is 296 g/mol. The van der Waals surface area contributed by atoms with E-state index in [1.807, 2.05) is 25.7 Å². The Morgan fingerprint density at radius 2 is 2.05 bits per heavy atom. The average molecular weight is 296 g/mol. The second-order valence-electron chi connectivity index (χ2n) is 8.11.